The number of halogens is 2. The number of rotatable bonds is 13. The van der Waals surface area contributed by atoms with Gasteiger partial charge >= 0.3 is 0 Å². The molecule has 2 aromatic carbocycles. The van der Waals surface area contributed by atoms with Crippen molar-refractivity contribution in [2.45, 2.75) is 45.7 Å². The minimum absolute atomic E-state index is 0.113. The first kappa shape index (κ1) is 29.7. The molecule has 2 amide bonds. The van der Waals surface area contributed by atoms with Crippen molar-refractivity contribution in [3.05, 3.63) is 58.1 Å². The van der Waals surface area contributed by atoms with Crippen LogP contribution in [0.25, 0.3) is 0 Å². The molecule has 198 valence electrons. The van der Waals surface area contributed by atoms with Gasteiger partial charge in [-0.05, 0) is 48.7 Å². The number of nitrogens with zero attached hydrogens (tertiary/aromatic N) is 2. The van der Waals surface area contributed by atoms with Gasteiger partial charge in [0.05, 0.1) is 29.1 Å². The zero-order chi connectivity index (χ0) is 26.9. The normalized spacial score (nSPS) is 12.1. The number of hydrogen-bond donors (Lipinski definition) is 1. The third kappa shape index (κ3) is 8.28. The number of amides is 2. The number of ether oxygens (including phenoxy) is 1. The third-order valence-corrected chi connectivity index (χ3v) is 7.48. The van der Waals surface area contributed by atoms with Crippen molar-refractivity contribution in [2.75, 3.05) is 30.8 Å². The van der Waals surface area contributed by atoms with Crippen LogP contribution in [0.4, 0.5) is 5.69 Å². The molecular formula is C25H33Cl2N3O5S. The lowest BCUT2D eigenvalue weighted by Gasteiger charge is -2.33. The van der Waals surface area contributed by atoms with E-state index >= 15 is 0 Å². The predicted molar refractivity (Wildman–Crippen MR) is 144 cm³/mol. The van der Waals surface area contributed by atoms with E-state index in [1.54, 1.807) is 31.4 Å². The highest BCUT2D eigenvalue weighted by Crippen LogP contribution is 2.28. The largest absolute Gasteiger partial charge is 0.497 e. The summed E-state index contributed by atoms with van der Waals surface area (Å²) in [6.45, 7) is 3.93. The molecule has 1 N–H and O–H groups in total. The van der Waals surface area contributed by atoms with Gasteiger partial charge in [0.1, 0.15) is 18.3 Å². The number of carbonyl (C=O) groups excluding carboxylic acids is 2. The summed E-state index contributed by atoms with van der Waals surface area (Å²) in [7, 11) is -2.30. The van der Waals surface area contributed by atoms with Crippen LogP contribution >= 0.6 is 23.2 Å². The van der Waals surface area contributed by atoms with Gasteiger partial charge in [0.25, 0.3) is 0 Å². The van der Waals surface area contributed by atoms with Gasteiger partial charge in [0.15, 0.2) is 0 Å². The molecule has 11 heteroatoms. The second-order valence-corrected chi connectivity index (χ2v) is 11.0. The van der Waals surface area contributed by atoms with E-state index in [9.17, 15) is 18.0 Å². The Kier molecular flexibility index (Phi) is 11.3. The first-order chi connectivity index (χ1) is 17.0. The van der Waals surface area contributed by atoms with Gasteiger partial charge in [0, 0.05) is 13.1 Å². The quantitative estimate of drug-likeness (QED) is 0.366. The summed E-state index contributed by atoms with van der Waals surface area (Å²) in [6, 6.07) is 10.7. The average Bonchev–Trinajstić information content (AvgIpc) is 2.84. The highest BCUT2D eigenvalue weighted by molar-refractivity contribution is 7.92. The van der Waals surface area contributed by atoms with Crippen LogP contribution in [-0.4, -0.2) is 57.6 Å². The first-order valence-electron chi connectivity index (χ1n) is 11.6. The fourth-order valence-electron chi connectivity index (χ4n) is 3.61. The van der Waals surface area contributed by atoms with E-state index in [0.29, 0.717) is 18.7 Å². The summed E-state index contributed by atoms with van der Waals surface area (Å²) in [6.07, 6.45) is 3.09. The standard InChI is InChI=1S/C25H33Cl2N3O5S/c1-5-7-14-28-25(32)23(6-2)29(16-18-8-11-20(35-3)12-9-18)24(31)17-30(36(4,33)34)19-10-13-21(26)22(27)15-19/h8-13,15,23H,5-7,14,16-17H2,1-4H3,(H,28,32). The predicted octanol–water partition coefficient (Wildman–Crippen LogP) is 4.49. The maximum atomic E-state index is 13.6. The fraction of sp³-hybridized carbons (Fsp3) is 0.440. The molecule has 0 radical (unpaired) electrons. The van der Waals surface area contributed by atoms with Gasteiger partial charge < -0.3 is 15.0 Å². The molecule has 8 nitrogen and oxygen atoms in total. The lowest BCUT2D eigenvalue weighted by Crippen LogP contribution is -2.52. The van der Waals surface area contributed by atoms with Crippen molar-refractivity contribution in [3.63, 3.8) is 0 Å². The number of unbranched alkanes of at least 4 members (excludes halogenated alkanes) is 1. The van der Waals surface area contributed by atoms with E-state index < -0.39 is 28.5 Å². The molecule has 2 rings (SSSR count). The van der Waals surface area contributed by atoms with Crippen molar-refractivity contribution in [2.24, 2.45) is 0 Å². The van der Waals surface area contributed by atoms with Crippen molar-refractivity contribution in [1.82, 2.24) is 10.2 Å². The summed E-state index contributed by atoms with van der Waals surface area (Å²) in [5.41, 5.74) is 0.967. The molecule has 0 aliphatic rings. The number of sulfonamides is 1. The molecule has 0 aliphatic carbocycles. The topological polar surface area (TPSA) is 96.0 Å². The number of methoxy groups -OCH3 is 1. The highest BCUT2D eigenvalue weighted by Gasteiger charge is 2.31. The summed E-state index contributed by atoms with van der Waals surface area (Å²) < 4.78 is 31.5. The van der Waals surface area contributed by atoms with Crippen LogP contribution in [0.2, 0.25) is 10.0 Å². The van der Waals surface area contributed by atoms with Crippen LogP contribution in [0.5, 0.6) is 5.75 Å². The van der Waals surface area contributed by atoms with Crippen molar-refractivity contribution in [1.29, 1.82) is 0 Å². The lowest BCUT2D eigenvalue weighted by atomic mass is 10.1. The highest BCUT2D eigenvalue weighted by atomic mass is 35.5. The third-order valence-electron chi connectivity index (χ3n) is 5.60. The molecule has 0 aromatic heterocycles. The lowest BCUT2D eigenvalue weighted by molar-refractivity contribution is -0.140. The Labute approximate surface area is 223 Å². The summed E-state index contributed by atoms with van der Waals surface area (Å²) >= 11 is 12.1. The maximum absolute atomic E-state index is 13.6. The van der Waals surface area contributed by atoms with Gasteiger partial charge in [-0.15, -0.1) is 0 Å². The number of nitrogens with one attached hydrogen (secondary N) is 1. The Hall–Kier alpha value is -2.49. The molecule has 0 saturated carbocycles. The summed E-state index contributed by atoms with van der Waals surface area (Å²) in [4.78, 5) is 28.1. The minimum atomic E-state index is -3.86. The zero-order valence-electron chi connectivity index (χ0n) is 21.0. The number of anilines is 1. The van der Waals surface area contributed by atoms with Crippen LogP contribution in [0, 0.1) is 0 Å². The van der Waals surface area contributed by atoms with Crippen molar-refractivity contribution in [3.8, 4) is 5.75 Å². The monoisotopic (exact) mass is 557 g/mol. The Bertz CT molecular complexity index is 1140. The van der Waals surface area contributed by atoms with E-state index in [1.165, 1.54) is 23.1 Å². The molecule has 1 unspecified atom stereocenters. The fourth-order valence-corrected chi connectivity index (χ4v) is 4.74. The van der Waals surface area contributed by atoms with Gasteiger partial charge in [-0.1, -0.05) is 55.6 Å². The Morgan fingerprint density at radius 1 is 1.06 bits per heavy atom. The second kappa shape index (κ2) is 13.7. The van der Waals surface area contributed by atoms with Crippen LogP contribution < -0.4 is 14.4 Å². The molecule has 0 heterocycles. The van der Waals surface area contributed by atoms with Crippen LogP contribution in [0.15, 0.2) is 42.5 Å². The number of hydrogen-bond acceptors (Lipinski definition) is 5. The number of benzene rings is 2. The summed E-state index contributed by atoms with van der Waals surface area (Å²) in [5.74, 6) is -0.156. The smallest absolute Gasteiger partial charge is 0.244 e. The van der Waals surface area contributed by atoms with Gasteiger partial charge in [-0.3, -0.25) is 13.9 Å². The SMILES string of the molecule is CCCCNC(=O)C(CC)N(Cc1ccc(OC)cc1)C(=O)CN(c1ccc(Cl)c(Cl)c1)S(C)(=O)=O. The maximum Gasteiger partial charge on any atom is 0.244 e. The van der Waals surface area contributed by atoms with Crippen LogP contribution in [-0.2, 0) is 26.2 Å². The molecule has 1 atom stereocenters. The van der Waals surface area contributed by atoms with Crippen LogP contribution in [0.3, 0.4) is 0 Å². The van der Waals surface area contributed by atoms with E-state index in [0.717, 1.165) is 29.0 Å². The van der Waals surface area contributed by atoms with Crippen molar-refractivity contribution < 1.29 is 22.7 Å². The van der Waals surface area contributed by atoms with E-state index in [4.69, 9.17) is 27.9 Å². The average molecular weight is 559 g/mol. The Morgan fingerprint density at radius 2 is 1.72 bits per heavy atom. The van der Waals surface area contributed by atoms with E-state index in [1.807, 2.05) is 13.8 Å². The van der Waals surface area contributed by atoms with E-state index in [-0.39, 0.29) is 28.2 Å². The molecule has 0 fully saturated rings. The first-order valence-corrected chi connectivity index (χ1v) is 14.2. The van der Waals surface area contributed by atoms with Gasteiger partial charge in [-0.2, -0.15) is 0 Å². The Morgan fingerprint density at radius 3 is 2.25 bits per heavy atom. The molecule has 36 heavy (non-hydrogen) atoms. The molecular weight excluding hydrogens is 525 g/mol. The van der Waals surface area contributed by atoms with E-state index in [2.05, 4.69) is 5.32 Å². The number of carbonyl (C=O) groups is 2. The second-order valence-electron chi connectivity index (χ2n) is 8.31. The molecule has 0 bridgehead atoms. The van der Waals surface area contributed by atoms with Crippen molar-refractivity contribution >= 4 is 50.7 Å². The zero-order valence-corrected chi connectivity index (χ0v) is 23.3. The van der Waals surface area contributed by atoms with Gasteiger partial charge in [0.2, 0.25) is 21.8 Å². The van der Waals surface area contributed by atoms with Gasteiger partial charge in [-0.25, -0.2) is 8.42 Å². The molecule has 0 aliphatic heterocycles. The minimum Gasteiger partial charge on any atom is -0.497 e. The Balaban J connectivity index is 2.42. The molecule has 2 aromatic rings. The molecule has 0 spiro atoms. The molecule has 0 saturated heterocycles. The summed E-state index contributed by atoms with van der Waals surface area (Å²) in [5, 5.41) is 3.31. The van der Waals surface area contributed by atoms with Crippen LogP contribution in [0.1, 0.15) is 38.7 Å².